The molecule has 0 spiro atoms. The second-order valence-electron chi connectivity index (χ2n) is 7.60. The molecular formula is C21H21ClF3NO2. The molecule has 1 aliphatic rings. The molecule has 1 aliphatic carbocycles. The van der Waals surface area contributed by atoms with E-state index in [2.05, 4.69) is 0 Å². The lowest BCUT2D eigenvalue weighted by Crippen LogP contribution is -2.12. The Bertz CT molecular complexity index is 901. The van der Waals surface area contributed by atoms with Crippen molar-refractivity contribution in [3.63, 3.8) is 0 Å². The fourth-order valence-electron chi connectivity index (χ4n) is 3.53. The monoisotopic (exact) mass is 411 g/mol. The third-order valence-electron chi connectivity index (χ3n) is 5.43. The molecule has 150 valence electrons. The third kappa shape index (κ3) is 3.97. The van der Waals surface area contributed by atoms with Crippen LogP contribution >= 0.6 is 11.6 Å². The quantitative estimate of drug-likeness (QED) is 0.583. The molecule has 0 bridgehead atoms. The molecule has 1 fully saturated rings. The minimum Gasteiger partial charge on any atom is -0.461 e. The van der Waals surface area contributed by atoms with Crippen molar-refractivity contribution in [2.45, 2.75) is 33.6 Å². The maximum Gasteiger partial charge on any atom is 0.426 e. The highest BCUT2D eigenvalue weighted by Crippen LogP contribution is 2.60. The predicted octanol–water partition coefficient (Wildman–Crippen LogP) is 5.79. The molecule has 0 saturated heterocycles. The van der Waals surface area contributed by atoms with Crippen LogP contribution in [0, 0.1) is 24.2 Å². The molecule has 0 N–H and O–H groups in total. The number of aromatic nitrogens is 1. The normalized spacial score (nSPS) is 21.5. The number of hydrogen-bond donors (Lipinski definition) is 0. The van der Waals surface area contributed by atoms with Crippen LogP contribution in [0.4, 0.5) is 13.2 Å². The Hall–Kier alpha value is -2.21. The molecule has 2 unspecified atom stereocenters. The summed E-state index contributed by atoms with van der Waals surface area (Å²) < 4.78 is 45.4. The van der Waals surface area contributed by atoms with E-state index < -0.39 is 34.4 Å². The Kier molecular flexibility index (Phi) is 5.36. The van der Waals surface area contributed by atoms with Gasteiger partial charge in [0.25, 0.3) is 0 Å². The highest BCUT2D eigenvalue weighted by atomic mass is 35.5. The Morgan fingerprint density at radius 2 is 1.89 bits per heavy atom. The van der Waals surface area contributed by atoms with Crippen molar-refractivity contribution in [3.05, 3.63) is 65.0 Å². The number of allylic oxidation sites excluding steroid dienone is 2. The van der Waals surface area contributed by atoms with Crippen LogP contribution in [-0.4, -0.2) is 16.7 Å². The van der Waals surface area contributed by atoms with Gasteiger partial charge in [0, 0.05) is 18.1 Å². The molecule has 3 nitrogen and oxygen atoms in total. The molecule has 1 aromatic heterocycles. The molecule has 0 radical (unpaired) electrons. The first kappa shape index (κ1) is 20.5. The molecule has 3 rings (SSSR count). The standard InChI is InChI=1S/C21H21ClF3NO2/c1-13-14(7-6-8-16(13)26-9-4-5-10-26)12-28-19(27)18-15(20(18,2)3)11-17(22)21(23,24)25/h4-11,15,18H,12H2,1-3H3. The number of carbonyl (C=O) groups is 1. The van der Waals surface area contributed by atoms with E-state index in [1.54, 1.807) is 13.8 Å². The second kappa shape index (κ2) is 7.32. The minimum absolute atomic E-state index is 0.0653. The van der Waals surface area contributed by atoms with Crippen molar-refractivity contribution >= 4 is 17.6 Å². The number of alkyl halides is 3. The fraction of sp³-hybridized carbons (Fsp3) is 0.381. The van der Waals surface area contributed by atoms with Gasteiger partial charge in [-0.1, -0.05) is 43.7 Å². The highest BCUT2D eigenvalue weighted by Gasteiger charge is 2.62. The Balaban J connectivity index is 1.69. The summed E-state index contributed by atoms with van der Waals surface area (Å²) in [7, 11) is 0. The zero-order valence-electron chi connectivity index (χ0n) is 15.8. The van der Waals surface area contributed by atoms with Crippen LogP contribution in [0.5, 0.6) is 0 Å². The van der Waals surface area contributed by atoms with Gasteiger partial charge in [-0.15, -0.1) is 0 Å². The third-order valence-corrected chi connectivity index (χ3v) is 5.77. The van der Waals surface area contributed by atoms with Crippen molar-refractivity contribution in [1.29, 1.82) is 0 Å². The van der Waals surface area contributed by atoms with Gasteiger partial charge in [-0.3, -0.25) is 4.79 Å². The first-order valence-electron chi connectivity index (χ1n) is 8.86. The Morgan fingerprint density at radius 3 is 2.50 bits per heavy atom. The molecule has 1 heterocycles. The number of benzene rings is 1. The van der Waals surface area contributed by atoms with Crippen molar-refractivity contribution in [2.24, 2.45) is 17.3 Å². The number of nitrogens with zero attached hydrogens (tertiary/aromatic N) is 1. The lowest BCUT2D eigenvalue weighted by molar-refractivity contribution is -0.147. The van der Waals surface area contributed by atoms with Crippen LogP contribution in [0.2, 0.25) is 0 Å². The molecule has 0 aliphatic heterocycles. The number of rotatable bonds is 5. The average molecular weight is 412 g/mol. The zero-order valence-corrected chi connectivity index (χ0v) is 16.5. The highest BCUT2D eigenvalue weighted by molar-refractivity contribution is 6.30. The fourth-order valence-corrected chi connectivity index (χ4v) is 3.67. The summed E-state index contributed by atoms with van der Waals surface area (Å²) in [5, 5.41) is -1.20. The molecule has 2 atom stereocenters. The van der Waals surface area contributed by atoms with Gasteiger partial charge in [-0.05, 0) is 47.6 Å². The SMILES string of the molecule is Cc1c(COC(=O)C2C(C=C(Cl)C(F)(F)F)C2(C)C)cccc1-n1cccc1. The first-order chi connectivity index (χ1) is 13.0. The number of halogens is 4. The molecule has 0 amide bonds. The number of esters is 1. The van der Waals surface area contributed by atoms with Crippen molar-refractivity contribution in [3.8, 4) is 5.69 Å². The van der Waals surface area contributed by atoms with E-state index in [0.29, 0.717) is 0 Å². The topological polar surface area (TPSA) is 31.2 Å². The van der Waals surface area contributed by atoms with Crippen LogP contribution in [0.1, 0.15) is 25.0 Å². The maximum absolute atomic E-state index is 12.7. The van der Waals surface area contributed by atoms with Gasteiger partial charge in [-0.2, -0.15) is 13.2 Å². The van der Waals surface area contributed by atoms with Crippen LogP contribution in [0.15, 0.2) is 53.8 Å². The lowest BCUT2D eigenvalue weighted by atomic mass is 10.1. The van der Waals surface area contributed by atoms with Gasteiger partial charge in [-0.25, -0.2) is 0 Å². The van der Waals surface area contributed by atoms with Gasteiger partial charge in [0.05, 0.1) is 5.92 Å². The molecule has 1 aromatic carbocycles. The van der Waals surface area contributed by atoms with Crippen LogP contribution in [0.25, 0.3) is 5.69 Å². The molecular weight excluding hydrogens is 391 g/mol. The summed E-state index contributed by atoms with van der Waals surface area (Å²) in [6, 6.07) is 9.54. The summed E-state index contributed by atoms with van der Waals surface area (Å²) >= 11 is 5.33. The predicted molar refractivity (Wildman–Crippen MR) is 101 cm³/mol. The van der Waals surface area contributed by atoms with Crippen molar-refractivity contribution in [1.82, 2.24) is 4.57 Å². The van der Waals surface area contributed by atoms with Gasteiger partial charge >= 0.3 is 12.1 Å². The van der Waals surface area contributed by atoms with Crippen LogP contribution in [0.3, 0.4) is 0 Å². The van der Waals surface area contributed by atoms with Gasteiger partial charge in [0.2, 0.25) is 0 Å². The number of ether oxygens (including phenoxy) is 1. The van der Waals surface area contributed by atoms with E-state index in [0.717, 1.165) is 22.9 Å². The largest absolute Gasteiger partial charge is 0.461 e. The molecule has 1 saturated carbocycles. The summed E-state index contributed by atoms with van der Waals surface area (Å²) in [5.41, 5.74) is 2.17. The molecule has 2 aromatic rings. The number of hydrogen-bond acceptors (Lipinski definition) is 2. The van der Waals surface area contributed by atoms with Crippen molar-refractivity contribution in [2.75, 3.05) is 0 Å². The van der Waals surface area contributed by atoms with E-state index in [4.69, 9.17) is 16.3 Å². The molecule has 7 heteroatoms. The van der Waals surface area contributed by atoms with E-state index in [-0.39, 0.29) is 6.61 Å². The average Bonchev–Trinajstić information content (AvgIpc) is 2.98. The van der Waals surface area contributed by atoms with E-state index in [9.17, 15) is 18.0 Å². The van der Waals surface area contributed by atoms with E-state index >= 15 is 0 Å². The van der Waals surface area contributed by atoms with Gasteiger partial charge in [0.1, 0.15) is 11.6 Å². The number of carbonyl (C=O) groups excluding carboxylic acids is 1. The van der Waals surface area contributed by atoms with Crippen LogP contribution in [-0.2, 0) is 16.1 Å². The van der Waals surface area contributed by atoms with Gasteiger partial charge < -0.3 is 9.30 Å². The summed E-state index contributed by atoms with van der Waals surface area (Å²) in [6.07, 6.45) is 0.161. The summed E-state index contributed by atoms with van der Waals surface area (Å²) in [5.74, 6) is -1.75. The van der Waals surface area contributed by atoms with E-state index in [1.807, 2.05) is 54.2 Å². The van der Waals surface area contributed by atoms with E-state index in [1.165, 1.54) is 0 Å². The lowest BCUT2D eigenvalue weighted by Gasteiger charge is -2.13. The van der Waals surface area contributed by atoms with Crippen LogP contribution < -0.4 is 0 Å². The minimum atomic E-state index is -4.61. The summed E-state index contributed by atoms with van der Waals surface area (Å²) in [6.45, 7) is 5.47. The second-order valence-corrected chi connectivity index (χ2v) is 8.00. The van der Waals surface area contributed by atoms with Gasteiger partial charge in [0.15, 0.2) is 0 Å². The Labute approximate surface area is 166 Å². The van der Waals surface area contributed by atoms with Crippen molar-refractivity contribution < 1.29 is 22.7 Å². The molecule has 28 heavy (non-hydrogen) atoms. The first-order valence-corrected chi connectivity index (χ1v) is 9.24. The smallest absolute Gasteiger partial charge is 0.426 e. The summed E-state index contributed by atoms with van der Waals surface area (Å²) in [4.78, 5) is 12.5. The maximum atomic E-state index is 12.7. The Morgan fingerprint density at radius 1 is 1.25 bits per heavy atom. The zero-order chi connectivity index (χ0) is 20.7.